The number of ether oxygens (including phenoxy) is 1. The third kappa shape index (κ3) is 3.33. The standard InChI is InChI=1S/C18H22FN3O2/c1-11-8-14(9-12(2)24-11)21-18(23)15-10-20-22(13(15)3)17-7-5-4-6-16(17)19/h4-7,10-12,14H,8-9H2,1-3H3,(H,21,23)/t11-,12-/m0/s1. The van der Waals surface area contributed by atoms with Crippen LogP contribution in [0.25, 0.3) is 5.69 Å². The van der Waals surface area contributed by atoms with Gasteiger partial charge < -0.3 is 10.1 Å². The van der Waals surface area contributed by atoms with Crippen molar-refractivity contribution in [2.45, 2.75) is 51.9 Å². The normalized spacial score (nSPS) is 23.9. The number of hydrogen-bond donors (Lipinski definition) is 1. The van der Waals surface area contributed by atoms with E-state index in [-0.39, 0.29) is 30.0 Å². The number of amides is 1. The Hall–Kier alpha value is -2.21. The SMILES string of the molecule is Cc1c(C(=O)NC2C[C@H](C)O[C@@H](C)C2)cnn1-c1ccccc1F. The van der Waals surface area contributed by atoms with Crippen molar-refractivity contribution in [3.63, 3.8) is 0 Å². The van der Waals surface area contributed by atoms with Gasteiger partial charge in [-0.1, -0.05) is 12.1 Å². The largest absolute Gasteiger partial charge is 0.375 e. The molecule has 1 fully saturated rings. The smallest absolute Gasteiger partial charge is 0.254 e. The maximum atomic E-state index is 13.9. The van der Waals surface area contributed by atoms with Gasteiger partial charge in [0.15, 0.2) is 0 Å². The molecule has 1 saturated heterocycles. The van der Waals surface area contributed by atoms with E-state index in [0.717, 1.165) is 12.8 Å². The van der Waals surface area contributed by atoms with Crippen LogP contribution in [-0.2, 0) is 4.74 Å². The van der Waals surface area contributed by atoms with Crippen molar-refractivity contribution < 1.29 is 13.9 Å². The third-order valence-electron chi connectivity index (χ3n) is 4.37. The second kappa shape index (κ2) is 6.73. The molecule has 2 atom stereocenters. The van der Waals surface area contributed by atoms with E-state index in [1.807, 2.05) is 13.8 Å². The van der Waals surface area contributed by atoms with Crippen LogP contribution in [-0.4, -0.2) is 33.9 Å². The minimum Gasteiger partial charge on any atom is -0.375 e. The van der Waals surface area contributed by atoms with Gasteiger partial charge in [0.25, 0.3) is 5.91 Å². The molecule has 1 amide bonds. The van der Waals surface area contributed by atoms with Crippen LogP contribution in [0.2, 0.25) is 0 Å². The van der Waals surface area contributed by atoms with Gasteiger partial charge in [0.05, 0.1) is 29.7 Å². The van der Waals surface area contributed by atoms with Gasteiger partial charge in [0.1, 0.15) is 11.5 Å². The Bertz CT molecular complexity index is 734. The summed E-state index contributed by atoms with van der Waals surface area (Å²) in [6.45, 7) is 5.79. The molecule has 0 spiro atoms. The Morgan fingerprint density at radius 2 is 1.96 bits per heavy atom. The van der Waals surface area contributed by atoms with E-state index in [1.54, 1.807) is 25.1 Å². The van der Waals surface area contributed by atoms with Crippen molar-refractivity contribution in [2.24, 2.45) is 0 Å². The first kappa shape index (κ1) is 16.6. The van der Waals surface area contributed by atoms with Crippen LogP contribution in [0.15, 0.2) is 30.5 Å². The predicted octanol–water partition coefficient (Wildman–Crippen LogP) is 3.01. The quantitative estimate of drug-likeness (QED) is 0.941. The molecule has 128 valence electrons. The van der Waals surface area contributed by atoms with Crippen molar-refractivity contribution in [3.8, 4) is 5.69 Å². The second-order valence-corrected chi connectivity index (χ2v) is 6.41. The molecule has 1 aliphatic heterocycles. The molecule has 1 aliphatic rings. The number of hydrogen-bond acceptors (Lipinski definition) is 3. The molecule has 0 bridgehead atoms. The summed E-state index contributed by atoms with van der Waals surface area (Å²) >= 11 is 0. The number of carbonyl (C=O) groups excluding carboxylic acids is 1. The number of nitrogens with one attached hydrogen (secondary N) is 1. The number of carbonyl (C=O) groups is 1. The fourth-order valence-electron chi connectivity index (χ4n) is 3.29. The van der Waals surface area contributed by atoms with E-state index >= 15 is 0 Å². The first-order valence-electron chi connectivity index (χ1n) is 8.21. The van der Waals surface area contributed by atoms with Gasteiger partial charge in [-0.15, -0.1) is 0 Å². The van der Waals surface area contributed by atoms with Gasteiger partial charge in [-0.25, -0.2) is 9.07 Å². The van der Waals surface area contributed by atoms with Crippen LogP contribution < -0.4 is 5.32 Å². The molecule has 3 rings (SSSR count). The van der Waals surface area contributed by atoms with Crippen molar-refractivity contribution in [1.82, 2.24) is 15.1 Å². The van der Waals surface area contributed by atoms with Crippen LogP contribution in [0.1, 0.15) is 42.7 Å². The average molecular weight is 331 g/mol. The molecule has 0 saturated carbocycles. The second-order valence-electron chi connectivity index (χ2n) is 6.41. The summed E-state index contributed by atoms with van der Waals surface area (Å²) in [6.07, 6.45) is 3.32. The predicted molar refractivity (Wildman–Crippen MR) is 88.8 cm³/mol. The van der Waals surface area contributed by atoms with Crippen LogP contribution in [0.4, 0.5) is 4.39 Å². The molecule has 6 heteroatoms. The highest BCUT2D eigenvalue weighted by Crippen LogP contribution is 2.21. The van der Waals surface area contributed by atoms with Crippen LogP contribution in [0.5, 0.6) is 0 Å². The maximum absolute atomic E-state index is 13.9. The van der Waals surface area contributed by atoms with E-state index < -0.39 is 0 Å². The van der Waals surface area contributed by atoms with Crippen molar-refractivity contribution in [3.05, 3.63) is 47.5 Å². The number of benzene rings is 1. The number of nitrogens with zero attached hydrogens (tertiary/aromatic N) is 2. The Balaban J connectivity index is 1.78. The minimum absolute atomic E-state index is 0.0764. The number of rotatable bonds is 3. The molecular formula is C18H22FN3O2. The van der Waals surface area contributed by atoms with Gasteiger partial charge in [-0.2, -0.15) is 5.10 Å². The van der Waals surface area contributed by atoms with Crippen LogP contribution in [0.3, 0.4) is 0 Å². The highest BCUT2D eigenvalue weighted by Gasteiger charge is 2.27. The topological polar surface area (TPSA) is 56.1 Å². The van der Waals surface area contributed by atoms with Crippen LogP contribution in [0, 0.1) is 12.7 Å². The van der Waals surface area contributed by atoms with Gasteiger partial charge in [-0.3, -0.25) is 4.79 Å². The zero-order valence-electron chi connectivity index (χ0n) is 14.1. The molecule has 24 heavy (non-hydrogen) atoms. The maximum Gasteiger partial charge on any atom is 0.254 e. The Morgan fingerprint density at radius 3 is 2.62 bits per heavy atom. The Morgan fingerprint density at radius 1 is 1.29 bits per heavy atom. The molecule has 1 N–H and O–H groups in total. The molecular weight excluding hydrogens is 309 g/mol. The summed E-state index contributed by atoms with van der Waals surface area (Å²) in [5, 5.41) is 7.23. The molecule has 1 aromatic heterocycles. The van der Waals surface area contributed by atoms with Crippen molar-refractivity contribution >= 4 is 5.91 Å². The zero-order chi connectivity index (χ0) is 17.3. The van der Waals surface area contributed by atoms with Crippen molar-refractivity contribution in [1.29, 1.82) is 0 Å². The number of halogens is 1. The third-order valence-corrected chi connectivity index (χ3v) is 4.37. The lowest BCUT2D eigenvalue weighted by molar-refractivity contribution is -0.0408. The molecule has 5 nitrogen and oxygen atoms in total. The zero-order valence-corrected chi connectivity index (χ0v) is 14.1. The highest BCUT2D eigenvalue weighted by atomic mass is 19.1. The summed E-state index contributed by atoms with van der Waals surface area (Å²) in [7, 11) is 0. The number of para-hydroxylation sites is 1. The molecule has 0 aliphatic carbocycles. The van der Waals surface area contributed by atoms with E-state index in [1.165, 1.54) is 16.9 Å². The van der Waals surface area contributed by atoms with Gasteiger partial charge >= 0.3 is 0 Å². The van der Waals surface area contributed by atoms with E-state index in [0.29, 0.717) is 16.9 Å². The number of aromatic nitrogens is 2. The molecule has 2 heterocycles. The fourth-order valence-corrected chi connectivity index (χ4v) is 3.29. The van der Waals surface area contributed by atoms with E-state index in [4.69, 9.17) is 4.74 Å². The highest BCUT2D eigenvalue weighted by molar-refractivity contribution is 5.95. The Kier molecular flexibility index (Phi) is 4.66. The summed E-state index contributed by atoms with van der Waals surface area (Å²) in [5.74, 6) is -0.552. The first-order valence-corrected chi connectivity index (χ1v) is 8.21. The van der Waals surface area contributed by atoms with Crippen molar-refractivity contribution in [2.75, 3.05) is 0 Å². The lowest BCUT2D eigenvalue weighted by Crippen LogP contribution is -2.44. The minimum atomic E-state index is -0.372. The van der Waals surface area contributed by atoms with Crippen LogP contribution >= 0.6 is 0 Å². The average Bonchev–Trinajstić information content (AvgIpc) is 2.88. The summed E-state index contributed by atoms with van der Waals surface area (Å²) in [5.41, 5.74) is 1.41. The van der Waals surface area contributed by atoms with Gasteiger partial charge in [0.2, 0.25) is 0 Å². The Labute approximate surface area is 140 Å². The molecule has 0 radical (unpaired) electrons. The fraction of sp³-hybridized carbons (Fsp3) is 0.444. The lowest BCUT2D eigenvalue weighted by Gasteiger charge is -2.32. The van der Waals surface area contributed by atoms with Gasteiger partial charge in [-0.05, 0) is 45.7 Å². The summed E-state index contributed by atoms with van der Waals surface area (Å²) in [6, 6.07) is 6.45. The van der Waals surface area contributed by atoms with E-state index in [2.05, 4.69) is 10.4 Å². The molecule has 1 aromatic carbocycles. The first-order chi connectivity index (χ1) is 11.5. The lowest BCUT2D eigenvalue weighted by atomic mass is 9.99. The van der Waals surface area contributed by atoms with Gasteiger partial charge in [0, 0.05) is 6.04 Å². The van der Waals surface area contributed by atoms with E-state index in [9.17, 15) is 9.18 Å². The summed E-state index contributed by atoms with van der Waals surface area (Å²) in [4.78, 5) is 12.6. The monoisotopic (exact) mass is 331 g/mol. The molecule has 0 unspecified atom stereocenters. The molecule has 2 aromatic rings. The summed E-state index contributed by atoms with van der Waals surface area (Å²) < 4.78 is 21.1.